The number of para-hydroxylation sites is 1. The Labute approximate surface area is 107 Å². The number of hydrogen-bond donors (Lipinski definition) is 0. The third kappa shape index (κ3) is 2.30. The predicted octanol–water partition coefficient (Wildman–Crippen LogP) is 2.68. The van der Waals surface area contributed by atoms with Crippen LogP contribution in [-0.2, 0) is 6.42 Å². The molecular formula is C14H14N4. The lowest BCUT2D eigenvalue weighted by Crippen LogP contribution is -2.13. The highest BCUT2D eigenvalue weighted by atomic mass is 15.2. The molecule has 0 saturated carbocycles. The lowest BCUT2D eigenvalue weighted by Gasteiger charge is -2.19. The quantitative estimate of drug-likeness (QED) is 0.825. The van der Waals surface area contributed by atoms with Crippen LogP contribution in [-0.4, -0.2) is 17.0 Å². The van der Waals surface area contributed by atoms with Gasteiger partial charge in [-0.1, -0.05) is 19.1 Å². The topological polar surface area (TPSA) is 52.8 Å². The molecule has 0 aliphatic carbocycles. The van der Waals surface area contributed by atoms with E-state index in [1.807, 2.05) is 36.2 Å². The molecule has 0 unspecified atom stereocenters. The van der Waals surface area contributed by atoms with Crippen LogP contribution in [0.2, 0.25) is 0 Å². The van der Waals surface area contributed by atoms with E-state index in [0.717, 1.165) is 23.6 Å². The maximum atomic E-state index is 9.11. The first-order valence-corrected chi connectivity index (χ1v) is 5.80. The highest BCUT2D eigenvalue weighted by molar-refractivity contribution is 5.66. The van der Waals surface area contributed by atoms with Crippen molar-refractivity contribution in [3.05, 3.63) is 47.9 Å². The second-order valence-electron chi connectivity index (χ2n) is 3.91. The number of aromatic nitrogens is 2. The number of benzene rings is 1. The Morgan fingerprint density at radius 3 is 2.78 bits per heavy atom. The van der Waals surface area contributed by atoms with Gasteiger partial charge < -0.3 is 4.90 Å². The van der Waals surface area contributed by atoms with Crippen molar-refractivity contribution in [1.82, 2.24) is 9.97 Å². The fourth-order valence-electron chi connectivity index (χ4n) is 1.75. The van der Waals surface area contributed by atoms with E-state index in [2.05, 4.69) is 23.0 Å². The molecule has 0 radical (unpaired) electrons. The highest BCUT2D eigenvalue weighted by Crippen LogP contribution is 2.24. The molecule has 2 rings (SSSR count). The number of nitrogens with zero attached hydrogens (tertiary/aromatic N) is 4. The monoisotopic (exact) mass is 238 g/mol. The van der Waals surface area contributed by atoms with Crippen molar-refractivity contribution in [2.24, 2.45) is 0 Å². The van der Waals surface area contributed by atoms with Crippen molar-refractivity contribution in [2.45, 2.75) is 13.3 Å². The van der Waals surface area contributed by atoms with Crippen molar-refractivity contribution in [3.8, 4) is 6.07 Å². The number of hydrogen-bond acceptors (Lipinski definition) is 4. The summed E-state index contributed by atoms with van der Waals surface area (Å²) >= 11 is 0. The zero-order valence-corrected chi connectivity index (χ0v) is 10.5. The van der Waals surface area contributed by atoms with Gasteiger partial charge in [0, 0.05) is 18.8 Å². The third-order valence-corrected chi connectivity index (χ3v) is 2.80. The zero-order chi connectivity index (χ0) is 13.0. The largest absolute Gasteiger partial charge is 0.328 e. The molecule has 1 aromatic carbocycles. The molecule has 90 valence electrons. The van der Waals surface area contributed by atoms with Crippen LogP contribution in [0.15, 0.2) is 36.7 Å². The van der Waals surface area contributed by atoms with Gasteiger partial charge in [0.2, 0.25) is 0 Å². The first-order valence-electron chi connectivity index (χ1n) is 5.80. The molecule has 2 aromatic rings. The average molecular weight is 238 g/mol. The molecule has 0 bridgehead atoms. The Morgan fingerprint density at radius 1 is 1.28 bits per heavy atom. The molecular weight excluding hydrogens is 224 g/mol. The van der Waals surface area contributed by atoms with Gasteiger partial charge in [-0.3, -0.25) is 0 Å². The van der Waals surface area contributed by atoms with Crippen LogP contribution in [0.5, 0.6) is 0 Å². The summed E-state index contributed by atoms with van der Waals surface area (Å²) in [6.45, 7) is 2.05. The molecule has 0 N–H and O–H groups in total. The van der Waals surface area contributed by atoms with Crippen molar-refractivity contribution in [2.75, 3.05) is 11.9 Å². The number of nitriles is 1. The second-order valence-corrected chi connectivity index (χ2v) is 3.91. The van der Waals surface area contributed by atoms with E-state index in [9.17, 15) is 0 Å². The molecule has 0 aliphatic heterocycles. The summed E-state index contributed by atoms with van der Waals surface area (Å²) in [6.07, 6.45) is 2.42. The Bertz CT molecular complexity index is 586. The normalized spacial score (nSPS) is 9.83. The van der Waals surface area contributed by atoms with Gasteiger partial charge in [0.1, 0.15) is 18.2 Å². The van der Waals surface area contributed by atoms with Crippen LogP contribution < -0.4 is 4.90 Å². The smallest absolute Gasteiger partial charge is 0.136 e. The molecule has 18 heavy (non-hydrogen) atoms. The van der Waals surface area contributed by atoms with E-state index in [1.165, 1.54) is 0 Å². The summed E-state index contributed by atoms with van der Waals surface area (Å²) in [5, 5.41) is 9.11. The lowest BCUT2D eigenvalue weighted by atomic mass is 10.2. The van der Waals surface area contributed by atoms with Crippen molar-refractivity contribution in [1.29, 1.82) is 5.26 Å². The van der Waals surface area contributed by atoms with Crippen molar-refractivity contribution < 1.29 is 0 Å². The van der Waals surface area contributed by atoms with Crippen LogP contribution in [0.3, 0.4) is 0 Å². The van der Waals surface area contributed by atoms with E-state index in [-0.39, 0.29) is 0 Å². The lowest BCUT2D eigenvalue weighted by molar-refractivity contribution is 0.979. The van der Waals surface area contributed by atoms with Gasteiger partial charge in [0.25, 0.3) is 0 Å². The maximum absolute atomic E-state index is 9.11. The highest BCUT2D eigenvalue weighted by Gasteiger charge is 2.10. The molecule has 0 saturated heterocycles. The average Bonchev–Trinajstić information content (AvgIpc) is 2.46. The molecule has 1 aromatic heterocycles. The SMILES string of the molecule is CCc1cc(N(C)c2ccccc2C#N)ncn1. The van der Waals surface area contributed by atoms with E-state index < -0.39 is 0 Å². The van der Waals surface area contributed by atoms with Crippen LogP contribution >= 0.6 is 0 Å². The number of anilines is 2. The zero-order valence-electron chi connectivity index (χ0n) is 10.5. The second kappa shape index (κ2) is 5.28. The molecule has 0 aliphatic rings. The summed E-state index contributed by atoms with van der Waals surface area (Å²) in [4.78, 5) is 10.3. The Morgan fingerprint density at radius 2 is 2.06 bits per heavy atom. The molecule has 0 spiro atoms. The Hall–Kier alpha value is -2.41. The van der Waals surface area contributed by atoms with Crippen LogP contribution in [0.25, 0.3) is 0 Å². The minimum absolute atomic E-state index is 0.636. The van der Waals surface area contributed by atoms with Crippen molar-refractivity contribution >= 4 is 11.5 Å². The van der Waals surface area contributed by atoms with E-state index in [0.29, 0.717) is 5.56 Å². The standard InChI is InChI=1S/C14H14N4/c1-3-12-8-14(17-10-16-12)18(2)13-7-5-4-6-11(13)9-15/h4-8,10H,3H2,1-2H3. The molecule has 4 heteroatoms. The third-order valence-electron chi connectivity index (χ3n) is 2.80. The van der Waals surface area contributed by atoms with Gasteiger partial charge in [-0.15, -0.1) is 0 Å². The van der Waals surface area contributed by atoms with Gasteiger partial charge in [-0.2, -0.15) is 5.26 Å². The number of aryl methyl sites for hydroxylation is 1. The summed E-state index contributed by atoms with van der Waals surface area (Å²) in [5.74, 6) is 0.796. The van der Waals surface area contributed by atoms with E-state index in [4.69, 9.17) is 5.26 Å². The van der Waals surface area contributed by atoms with Gasteiger partial charge >= 0.3 is 0 Å². The van der Waals surface area contributed by atoms with Crippen LogP contribution in [0.1, 0.15) is 18.2 Å². The Balaban J connectivity index is 2.41. The van der Waals surface area contributed by atoms with Crippen molar-refractivity contribution in [3.63, 3.8) is 0 Å². The first-order chi connectivity index (χ1) is 8.76. The van der Waals surface area contributed by atoms with Gasteiger partial charge in [0.05, 0.1) is 11.3 Å². The van der Waals surface area contributed by atoms with Crippen LogP contribution in [0, 0.1) is 11.3 Å². The van der Waals surface area contributed by atoms with Crippen LogP contribution in [0.4, 0.5) is 11.5 Å². The molecule has 0 atom stereocenters. The summed E-state index contributed by atoms with van der Waals surface area (Å²) in [6, 6.07) is 11.6. The first kappa shape index (κ1) is 12.1. The molecule has 1 heterocycles. The predicted molar refractivity (Wildman–Crippen MR) is 70.6 cm³/mol. The van der Waals surface area contributed by atoms with E-state index >= 15 is 0 Å². The fraction of sp³-hybridized carbons (Fsp3) is 0.214. The minimum atomic E-state index is 0.636. The molecule has 4 nitrogen and oxygen atoms in total. The molecule has 0 fully saturated rings. The van der Waals surface area contributed by atoms with Gasteiger partial charge in [-0.25, -0.2) is 9.97 Å². The maximum Gasteiger partial charge on any atom is 0.136 e. The summed E-state index contributed by atoms with van der Waals surface area (Å²) in [5.41, 5.74) is 2.47. The minimum Gasteiger partial charge on any atom is -0.328 e. The molecule has 0 amide bonds. The number of rotatable bonds is 3. The summed E-state index contributed by atoms with van der Waals surface area (Å²) < 4.78 is 0. The summed E-state index contributed by atoms with van der Waals surface area (Å²) in [7, 11) is 1.90. The Kier molecular flexibility index (Phi) is 3.54. The van der Waals surface area contributed by atoms with Gasteiger partial charge in [0.15, 0.2) is 0 Å². The van der Waals surface area contributed by atoms with Gasteiger partial charge in [-0.05, 0) is 18.6 Å². The fourth-order valence-corrected chi connectivity index (χ4v) is 1.75. The van der Waals surface area contributed by atoms with E-state index in [1.54, 1.807) is 12.4 Å².